The van der Waals surface area contributed by atoms with Crippen LogP contribution < -0.4 is 0 Å². The lowest BCUT2D eigenvalue weighted by Crippen LogP contribution is -2.61. The van der Waals surface area contributed by atoms with Crippen LogP contribution in [0.5, 0.6) is 0 Å². The SMILES string of the molecule is C/C=C(\C)C(=O)O[C@@]12C[C@@H](C)[C@@]3(O)[C@@H](C=C(CO)C[C@]4(O)C(=O)C(C)=C[C@@H]34)[C@@H]1[C@@]2(C)COC(C)=O. The van der Waals surface area contributed by atoms with Crippen molar-refractivity contribution in [3.8, 4) is 0 Å². The molecule has 8 nitrogen and oxygen atoms in total. The molecule has 0 saturated heterocycles. The van der Waals surface area contributed by atoms with Gasteiger partial charge in [0.05, 0.1) is 12.2 Å². The van der Waals surface area contributed by atoms with Crippen molar-refractivity contribution in [3.05, 3.63) is 34.9 Å². The average Bonchev–Trinajstić information content (AvgIpc) is 3.25. The minimum absolute atomic E-state index is 0.0144. The van der Waals surface area contributed by atoms with E-state index in [2.05, 4.69) is 0 Å². The van der Waals surface area contributed by atoms with Crippen LogP contribution in [0.25, 0.3) is 0 Å². The third-order valence-electron chi connectivity index (χ3n) is 9.26. The van der Waals surface area contributed by atoms with Gasteiger partial charge in [0.2, 0.25) is 0 Å². The number of hydrogen-bond acceptors (Lipinski definition) is 8. The highest BCUT2D eigenvalue weighted by Crippen LogP contribution is 2.76. The largest absolute Gasteiger partial charge is 0.465 e. The Morgan fingerprint density at radius 2 is 1.89 bits per heavy atom. The van der Waals surface area contributed by atoms with Gasteiger partial charge < -0.3 is 24.8 Å². The molecule has 0 aromatic rings. The molecule has 4 rings (SSSR count). The van der Waals surface area contributed by atoms with Gasteiger partial charge in [-0.3, -0.25) is 9.59 Å². The van der Waals surface area contributed by atoms with Gasteiger partial charge in [-0.1, -0.05) is 32.1 Å². The Hall–Kier alpha value is -2.29. The Bertz CT molecular complexity index is 1070. The van der Waals surface area contributed by atoms with Crippen molar-refractivity contribution in [1.29, 1.82) is 0 Å². The molecule has 0 radical (unpaired) electrons. The molecule has 0 spiro atoms. The number of esters is 2. The standard InChI is InChI=1S/C27H36O8/c1-7-14(2)23(31)35-26-10-16(4)27(33)19(21(26)24(26,6)13-34-17(5)29)9-18(12-28)11-25(32)20(27)8-15(3)22(25)30/h7-9,16,19-21,28,32-33H,10-13H2,1-6H3/b14-7+/t16-,19+,20-,21-,24-,25-,26+,27-/m1/s1. The van der Waals surface area contributed by atoms with Crippen molar-refractivity contribution in [2.45, 2.75) is 71.2 Å². The molecule has 2 saturated carbocycles. The molecule has 0 heterocycles. The van der Waals surface area contributed by atoms with Gasteiger partial charge in [0, 0.05) is 42.1 Å². The van der Waals surface area contributed by atoms with Crippen molar-refractivity contribution in [3.63, 3.8) is 0 Å². The topological polar surface area (TPSA) is 130 Å². The normalized spacial score (nSPS) is 44.3. The third-order valence-corrected chi connectivity index (χ3v) is 9.26. The first-order valence-corrected chi connectivity index (χ1v) is 12.2. The minimum Gasteiger partial charge on any atom is -0.465 e. The Balaban J connectivity index is 1.87. The van der Waals surface area contributed by atoms with Crippen molar-refractivity contribution in [2.75, 3.05) is 13.2 Å². The number of rotatable bonds is 5. The van der Waals surface area contributed by atoms with Gasteiger partial charge in [0.15, 0.2) is 5.78 Å². The number of carbonyl (C=O) groups excluding carboxylic acids is 3. The van der Waals surface area contributed by atoms with Gasteiger partial charge in [-0.15, -0.1) is 0 Å². The third kappa shape index (κ3) is 3.33. The summed E-state index contributed by atoms with van der Waals surface area (Å²) in [5, 5.41) is 34.1. The summed E-state index contributed by atoms with van der Waals surface area (Å²) in [4.78, 5) is 37.7. The van der Waals surface area contributed by atoms with Crippen LogP contribution in [0.15, 0.2) is 34.9 Å². The monoisotopic (exact) mass is 488 g/mol. The molecule has 0 aromatic heterocycles. The number of fused-ring (bicyclic) bond motifs is 5. The summed E-state index contributed by atoms with van der Waals surface area (Å²) in [6.45, 7) is 9.64. The highest BCUT2D eigenvalue weighted by atomic mass is 16.6. The van der Waals surface area contributed by atoms with E-state index in [1.54, 1.807) is 39.0 Å². The van der Waals surface area contributed by atoms with Crippen molar-refractivity contribution < 1.29 is 39.2 Å². The molecule has 35 heavy (non-hydrogen) atoms. The number of carbonyl (C=O) groups is 3. The van der Waals surface area contributed by atoms with Crippen LogP contribution in [0.2, 0.25) is 0 Å². The first-order chi connectivity index (χ1) is 16.2. The van der Waals surface area contributed by atoms with Crippen LogP contribution in [0, 0.1) is 29.1 Å². The molecule has 0 aliphatic heterocycles. The van der Waals surface area contributed by atoms with Crippen LogP contribution in [-0.2, 0) is 23.9 Å². The maximum atomic E-state index is 13.0. The van der Waals surface area contributed by atoms with Gasteiger partial charge >= 0.3 is 11.9 Å². The zero-order valence-corrected chi connectivity index (χ0v) is 21.3. The first-order valence-electron chi connectivity index (χ1n) is 12.2. The highest BCUT2D eigenvalue weighted by Gasteiger charge is 2.85. The maximum Gasteiger partial charge on any atom is 0.333 e. The van der Waals surface area contributed by atoms with Gasteiger partial charge in [-0.25, -0.2) is 4.79 Å². The van der Waals surface area contributed by atoms with E-state index < -0.39 is 63.6 Å². The molecule has 4 aliphatic rings. The summed E-state index contributed by atoms with van der Waals surface area (Å²) < 4.78 is 11.6. The maximum absolute atomic E-state index is 13.0. The van der Waals surface area contributed by atoms with Crippen LogP contribution in [-0.4, -0.2) is 63.1 Å². The number of aliphatic hydroxyl groups is 3. The zero-order valence-electron chi connectivity index (χ0n) is 21.3. The second-order valence-corrected chi connectivity index (χ2v) is 11.2. The summed E-state index contributed by atoms with van der Waals surface area (Å²) in [7, 11) is 0. The number of Topliss-reactive ketones (excluding diaryl/α,β-unsaturated/α-hetero) is 1. The van der Waals surface area contributed by atoms with Crippen molar-refractivity contribution in [2.24, 2.45) is 29.1 Å². The lowest BCUT2D eigenvalue weighted by Gasteiger charge is -2.50. The van der Waals surface area contributed by atoms with Gasteiger partial charge in [0.1, 0.15) is 17.8 Å². The molecule has 8 heteroatoms. The number of ether oxygens (including phenoxy) is 2. The van der Waals surface area contributed by atoms with E-state index in [0.717, 1.165) is 0 Å². The Morgan fingerprint density at radius 1 is 1.23 bits per heavy atom. The molecule has 4 aliphatic carbocycles. The Morgan fingerprint density at radius 3 is 2.46 bits per heavy atom. The first kappa shape index (κ1) is 25.8. The van der Waals surface area contributed by atoms with E-state index >= 15 is 0 Å². The van der Waals surface area contributed by atoms with Gasteiger partial charge in [0.25, 0.3) is 0 Å². The highest BCUT2D eigenvalue weighted by molar-refractivity contribution is 6.04. The van der Waals surface area contributed by atoms with Crippen molar-refractivity contribution in [1.82, 2.24) is 0 Å². The summed E-state index contributed by atoms with van der Waals surface area (Å²) in [6.07, 6.45) is 5.23. The molecular weight excluding hydrogens is 452 g/mol. The number of aliphatic hydroxyl groups excluding tert-OH is 1. The van der Waals surface area contributed by atoms with E-state index in [4.69, 9.17) is 9.47 Å². The summed E-state index contributed by atoms with van der Waals surface area (Å²) in [5.74, 6) is -3.92. The fourth-order valence-electron chi connectivity index (χ4n) is 7.23. The number of ketones is 1. The number of allylic oxidation sites excluding steroid dienone is 1. The molecule has 0 amide bonds. The van der Waals surface area contributed by atoms with Gasteiger partial charge in [-0.05, 0) is 44.3 Å². The Labute approximate surface area is 205 Å². The van der Waals surface area contributed by atoms with Crippen LogP contribution in [0.4, 0.5) is 0 Å². The van der Waals surface area contributed by atoms with E-state index in [9.17, 15) is 29.7 Å². The molecule has 3 N–H and O–H groups in total. The smallest absolute Gasteiger partial charge is 0.333 e. The molecule has 192 valence electrons. The lowest BCUT2D eigenvalue weighted by atomic mass is 9.60. The van der Waals surface area contributed by atoms with Crippen molar-refractivity contribution >= 4 is 17.7 Å². The molecular formula is C27H36O8. The molecule has 0 bridgehead atoms. The van der Waals surface area contributed by atoms with E-state index in [-0.39, 0.29) is 26.1 Å². The summed E-state index contributed by atoms with van der Waals surface area (Å²) >= 11 is 0. The summed E-state index contributed by atoms with van der Waals surface area (Å²) in [6, 6.07) is 0. The molecule has 0 aromatic carbocycles. The summed E-state index contributed by atoms with van der Waals surface area (Å²) in [5.41, 5.74) is -4.00. The molecule has 8 atom stereocenters. The average molecular weight is 489 g/mol. The second-order valence-electron chi connectivity index (χ2n) is 11.2. The Kier molecular flexibility index (Phi) is 5.98. The van der Waals surface area contributed by atoms with Crippen LogP contribution in [0.3, 0.4) is 0 Å². The predicted octanol–water partition coefficient (Wildman–Crippen LogP) is 2.02. The fraction of sp³-hybridized carbons (Fsp3) is 0.667. The predicted molar refractivity (Wildman–Crippen MR) is 126 cm³/mol. The quantitative estimate of drug-likeness (QED) is 0.304. The van der Waals surface area contributed by atoms with Crippen LogP contribution >= 0.6 is 0 Å². The zero-order chi connectivity index (χ0) is 26.1. The van der Waals surface area contributed by atoms with E-state index in [0.29, 0.717) is 16.7 Å². The second kappa shape index (κ2) is 8.11. The number of hydrogen-bond donors (Lipinski definition) is 3. The fourth-order valence-corrected chi connectivity index (χ4v) is 7.23. The van der Waals surface area contributed by atoms with Crippen LogP contribution in [0.1, 0.15) is 54.4 Å². The van der Waals surface area contributed by atoms with E-state index in [1.165, 1.54) is 6.92 Å². The lowest BCUT2D eigenvalue weighted by molar-refractivity contribution is -0.185. The van der Waals surface area contributed by atoms with E-state index in [1.807, 2.05) is 13.8 Å². The molecule has 2 fully saturated rings. The minimum atomic E-state index is -1.87. The van der Waals surface area contributed by atoms with Gasteiger partial charge in [-0.2, -0.15) is 0 Å². The molecule has 0 unspecified atom stereocenters.